The van der Waals surface area contributed by atoms with Gasteiger partial charge in [-0.05, 0) is 36.4 Å². The van der Waals surface area contributed by atoms with Gasteiger partial charge in [-0.25, -0.2) is 4.79 Å². The molecule has 0 radical (unpaired) electrons. The summed E-state index contributed by atoms with van der Waals surface area (Å²) in [5.41, 5.74) is 1.93. The van der Waals surface area contributed by atoms with Crippen LogP contribution in [0, 0.1) is 6.92 Å². The molecule has 0 aliphatic carbocycles. The van der Waals surface area contributed by atoms with Gasteiger partial charge in [-0.3, -0.25) is 10.1 Å². The lowest BCUT2D eigenvalue weighted by Gasteiger charge is -2.10. The first-order valence-electron chi connectivity index (χ1n) is 6.56. The number of thioether (sulfide) groups is 1. The van der Waals surface area contributed by atoms with E-state index in [1.807, 2.05) is 31.2 Å². The molecule has 1 atom stereocenters. The molecule has 0 bridgehead atoms. The van der Waals surface area contributed by atoms with Crippen molar-refractivity contribution in [1.82, 2.24) is 30.8 Å². The minimum Gasteiger partial charge on any atom is -0.341 e. The van der Waals surface area contributed by atoms with Gasteiger partial charge in [0.15, 0.2) is 0 Å². The Bertz CT molecular complexity index is 669. The molecule has 0 spiro atoms. The third-order valence-corrected chi connectivity index (χ3v) is 3.87. The molecular weight excluding hydrogens is 304 g/mol. The van der Waals surface area contributed by atoms with Gasteiger partial charge in [-0.2, -0.15) is 4.68 Å². The van der Waals surface area contributed by atoms with Gasteiger partial charge in [0.2, 0.25) is 11.1 Å². The van der Waals surface area contributed by atoms with Crippen LogP contribution in [0.15, 0.2) is 29.4 Å². The van der Waals surface area contributed by atoms with E-state index >= 15 is 0 Å². The van der Waals surface area contributed by atoms with Crippen molar-refractivity contribution < 1.29 is 9.59 Å². The van der Waals surface area contributed by atoms with Crippen molar-refractivity contribution in [2.75, 3.05) is 7.05 Å². The van der Waals surface area contributed by atoms with Crippen molar-refractivity contribution in [1.29, 1.82) is 0 Å². The number of rotatable bonds is 4. The summed E-state index contributed by atoms with van der Waals surface area (Å²) in [6.07, 6.45) is 0. The molecule has 0 unspecified atom stereocenters. The van der Waals surface area contributed by atoms with Crippen LogP contribution in [0.25, 0.3) is 5.69 Å². The smallest absolute Gasteiger partial charge is 0.321 e. The molecule has 0 saturated heterocycles. The van der Waals surface area contributed by atoms with Crippen molar-refractivity contribution in [3.8, 4) is 5.69 Å². The number of nitrogens with one attached hydrogen (secondary N) is 2. The average molecular weight is 320 g/mol. The second kappa shape index (κ2) is 7.03. The van der Waals surface area contributed by atoms with Gasteiger partial charge in [-0.1, -0.05) is 29.5 Å². The number of carbonyl (C=O) groups is 2. The van der Waals surface area contributed by atoms with Gasteiger partial charge < -0.3 is 5.32 Å². The quantitative estimate of drug-likeness (QED) is 0.812. The Balaban J connectivity index is 2.11. The molecule has 0 aliphatic heterocycles. The van der Waals surface area contributed by atoms with Crippen molar-refractivity contribution >= 4 is 23.7 Å². The van der Waals surface area contributed by atoms with Gasteiger partial charge in [0, 0.05) is 7.05 Å². The fraction of sp³-hybridized carbons (Fsp3) is 0.308. The number of nitrogens with zero attached hydrogens (tertiary/aromatic N) is 4. The Kier molecular flexibility index (Phi) is 5.10. The van der Waals surface area contributed by atoms with Gasteiger partial charge in [-0.15, -0.1) is 5.10 Å². The summed E-state index contributed by atoms with van der Waals surface area (Å²) >= 11 is 1.17. The van der Waals surface area contributed by atoms with Crippen molar-refractivity contribution in [3.63, 3.8) is 0 Å². The van der Waals surface area contributed by atoms with Gasteiger partial charge in [0.1, 0.15) is 0 Å². The van der Waals surface area contributed by atoms with Crippen molar-refractivity contribution in [2.45, 2.75) is 24.3 Å². The van der Waals surface area contributed by atoms with E-state index in [9.17, 15) is 9.59 Å². The molecule has 1 heterocycles. The van der Waals surface area contributed by atoms with E-state index in [1.54, 1.807) is 11.6 Å². The number of imide groups is 1. The SMILES string of the molecule is CNC(=O)NC(=O)[C@H](C)Sc1nnnn1-c1ccc(C)cc1. The average Bonchev–Trinajstić information content (AvgIpc) is 2.95. The molecule has 9 heteroatoms. The fourth-order valence-electron chi connectivity index (χ4n) is 1.59. The largest absolute Gasteiger partial charge is 0.341 e. The highest BCUT2D eigenvalue weighted by molar-refractivity contribution is 8.00. The predicted molar refractivity (Wildman–Crippen MR) is 81.8 cm³/mol. The summed E-state index contributed by atoms with van der Waals surface area (Å²) in [6, 6.07) is 7.15. The van der Waals surface area contributed by atoms with E-state index < -0.39 is 17.2 Å². The molecule has 0 saturated carbocycles. The van der Waals surface area contributed by atoms with Crippen LogP contribution < -0.4 is 10.6 Å². The molecule has 1 aromatic heterocycles. The van der Waals surface area contributed by atoms with Crippen LogP contribution in [-0.2, 0) is 4.79 Å². The highest BCUT2D eigenvalue weighted by atomic mass is 32.2. The monoisotopic (exact) mass is 320 g/mol. The van der Waals surface area contributed by atoms with Crippen LogP contribution in [0.5, 0.6) is 0 Å². The Morgan fingerprint density at radius 1 is 1.27 bits per heavy atom. The number of hydrogen-bond donors (Lipinski definition) is 2. The molecule has 2 aromatic rings. The lowest BCUT2D eigenvalue weighted by molar-refractivity contribution is -0.119. The van der Waals surface area contributed by atoms with Crippen molar-refractivity contribution in [3.05, 3.63) is 29.8 Å². The standard InChI is InChI=1S/C13H16N6O2S/c1-8-4-6-10(7-5-8)19-13(16-17-18-19)22-9(2)11(20)15-12(21)14-3/h4-7,9H,1-3H3,(H2,14,15,20,21)/t9-/m0/s1. The van der Waals surface area contributed by atoms with E-state index in [0.717, 1.165) is 11.3 Å². The molecule has 2 rings (SSSR count). The second-order valence-corrected chi connectivity index (χ2v) is 5.85. The molecule has 0 fully saturated rings. The van der Waals surface area contributed by atoms with Crippen LogP contribution in [0.4, 0.5) is 4.79 Å². The van der Waals surface area contributed by atoms with Crippen LogP contribution in [0.1, 0.15) is 12.5 Å². The maximum absolute atomic E-state index is 11.9. The third-order valence-electron chi connectivity index (χ3n) is 2.83. The Labute approximate surface area is 131 Å². The summed E-state index contributed by atoms with van der Waals surface area (Å²) in [4.78, 5) is 23.0. The Morgan fingerprint density at radius 3 is 2.59 bits per heavy atom. The lowest BCUT2D eigenvalue weighted by atomic mass is 10.2. The fourth-order valence-corrected chi connectivity index (χ4v) is 2.40. The maximum Gasteiger partial charge on any atom is 0.321 e. The lowest BCUT2D eigenvalue weighted by Crippen LogP contribution is -2.41. The number of urea groups is 1. The highest BCUT2D eigenvalue weighted by Gasteiger charge is 2.20. The summed E-state index contributed by atoms with van der Waals surface area (Å²) in [6.45, 7) is 3.67. The van der Waals surface area contributed by atoms with E-state index in [2.05, 4.69) is 26.2 Å². The minimum atomic E-state index is -0.546. The molecule has 2 N–H and O–H groups in total. The molecule has 3 amide bonds. The number of hydrogen-bond acceptors (Lipinski definition) is 6. The van der Waals surface area contributed by atoms with E-state index in [4.69, 9.17) is 0 Å². The maximum atomic E-state index is 11.9. The zero-order valence-electron chi connectivity index (χ0n) is 12.4. The van der Waals surface area contributed by atoms with Gasteiger partial charge >= 0.3 is 6.03 Å². The first kappa shape index (κ1) is 16.0. The number of benzene rings is 1. The highest BCUT2D eigenvalue weighted by Crippen LogP contribution is 2.22. The predicted octanol–water partition coefficient (Wildman–Crippen LogP) is 0.907. The van der Waals surface area contributed by atoms with E-state index in [0.29, 0.717) is 5.16 Å². The molecule has 22 heavy (non-hydrogen) atoms. The molecule has 1 aromatic carbocycles. The first-order valence-corrected chi connectivity index (χ1v) is 7.44. The van der Waals surface area contributed by atoms with E-state index in [-0.39, 0.29) is 0 Å². The number of amides is 3. The summed E-state index contributed by atoms with van der Waals surface area (Å²) < 4.78 is 1.55. The summed E-state index contributed by atoms with van der Waals surface area (Å²) in [5.74, 6) is -0.414. The topological polar surface area (TPSA) is 102 Å². The first-order chi connectivity index (χ1) is 10.5. The Hall–Kier alpha value is -2.42. The summed E-state index contributed by atoms with van der Waals surface area (Å²) in [5, 5.41) is 16.0. The second-order valence-electron chi connectivity index (χ2n) is 4.54. The van der Waals surface area contributed by atoms with Crippen molar-refractivity contribution in [2.24, 2.45) is 0 Å². The van der Waals surface area contributed by atoms with Crippen LogP contribution >= 0.6 is 11.8 Å². The van der Waals surface area contributed by atoms with Gasteiger partial charge in [0.05, 0.1) is 10.9 Å². The number of tetrazole rings is 1. The molecule has 8 nitrogen and oxygen atoms in total. The third kappa shape index (κ3) is 3.82. The van der Waals surface area contributed by atoms with Crippen LogP contribution in [0.2, 0.25) is 0 Å². The molecular formula is C13H16N6O2S. The van der Waals surface area contributed by atoms with Crippen LogP contribution in [-0.4, -0.2) is 44.4 Å². The normalized spacial score (nSPS) is 11.8. The zero-order chi connectivity index (χ0) is 16.1. The minimum absolute atomic E-state index is 0.414. The zero-order valence-corrected chi connectivity index (χ0v) is 13.2. The van der Waals surface area contributed by atoms with Crippen LogP contribution in [0.3, 0.4) is 0 Å². The number of aryl methyl sites for hydroxylation is 1. The summed E-state index contributed by atoms with van der Waals surface area (Å²) in [7, 11) is 1.44. The van der Waals surface area contributed by atoms with Gasteiger partial charge in [0.25, 0.3) is 0 Å². The Morgan fingerprint density at radius 2 is 1.95 bits per heavy atom. The molecule has 116 valence electrons. The molecule has 0 aliphatic rings. The number of carbonyl (C=O) groups excluding carboxylic acids is 2. The van der Waals surface area contributed by atoms with E-state index in [1.165, 1.54) is 18.8 Å². The number of aromatic nitrogens is 4.